The third-order valence-corrected chi connectivity index (χ3v) is 4.02. The molecule has 0 aliphatic carbocycles. The number of nitrogens with zero attached hydrogens (tertiary/aromatic N) is 4. The Kier molecular flexibility index (Phi) is 2.88. The maximum absolute atomic E-state index is 9.77. The van der Waals surface area contributed by atoms with Crippen LogP contribution in [0, 0.1) is 0 Å². The minimum atomic E-state index is -0.228. The number of hydrogen-bond acceptors (Lipinski definition) is 4. The van der Waals surface area contributed by atoms with E-state index in [4.69, 9.17) is 0 Å². The average molecular weight is 236 g/mol. The topological polar surface area (TPSA) is 54.2 Å². The molecule has 3 rings (SSSR count). The van der Waals surface area contributed by atoms with Gasteiger partial charge in [-0.1, -0.05) is 6.92 Å². The van der Waals surface area contributed by atoms with Crippen LogP contribution in [0.1, 0.15) is 43.9 Å². The quantitative estimate of drug-likeness (QED) is 0.823. The molecule has 1 N–H and O–H groups in total. The lowest BCUT2D eigenvalue weighted by Crippen LogP contribution is -2.30. The molecule has 3 heterocycles. The molecule has 0 aromatic carbocycles. The molecule has 0 spiro atoms. The Bertz CT molecular complexity index is 403. The van der Waals surface area contributed by atoms with E-state index in [1.807, 2.05) is 0 Å². The fourth-order valence-corrected chi connectivity index (χ4v) is 3.07. The molecular formula is C12H20N4O. The van der Waals surface area contributed by atoms with Crippen molar-refractivity contribution >= 4 is 0 Å². The Morgan fingerprint density at radius 1 is 1.35 bits per heavy atom. The summed E-state index contributed by atoms with van der Waals surface area (Å²) in [6.45, 7) is 5.09. The van der Waals surface area contributed by atoms with Gasteiger partial charge in [-0.15, -0.1) is 10.2 Å². The third kappa shape index (κ3) is 1.87. The molecule has 2 aliphatic rings. The second kappa shape index (κ2) is 4.38. The standard InChI is InChI=1S/C12H20N4O/c1-2-15-7-3-4-10(15)12-14-13-11-6-5-9(17)8-16(11)12/h9-10,17H,2-8H2,1H3. The average Bonchev–Trinajstić information content (AvgIpc) is 2.93. The molecule has 0 saturated carbocycles. The zero-order valence-corrected chi connectivity index (χ0v) is 10.3. The minimum absolute atomic E-state index is 0.228. The van der Waals surface area contributed by atoms with Crippen molar-refractivity contribution in [2.24, 2.45) is 0 Å². The Balaban J connectivity index is 1.90. The first kappa shape index (κ1) is 11.2. The molecule has 1 fully saturated rings. The van der Waals surface area contributed by atoms with Crippen LogP contribution in [0.3, 0.4) is 0 Å². The molecule has 0 bridgehead atoms. The number of hydrogen-bond donors (Lipinski definition) is 1. The summed E-state index contributed by atoms with van der Waals surface area (Å²) in [5.74, 6) is 2.12. The van der Waals surface area contributed by atoms with Crippen LogP contribution in [-0.4, -0.2) is 44.0 Å². The van der Waals surface area contributed by atoms with Crippen LogP contribution in [0.15, 0.2) is 0 Å². The monoisotopic (exact) mass is 236 g/mol. The second-order valence-corrected chi connectivity index (χ2v) is 5.06. The number of rotatable bonds is 2. The molecule has 1 saturated heterocycles. The predicted octanol–water partition coefficient (Wildman–Crippen LogP) is 0.742. The zero-order valence-electron chi connectivity index (χ0n) is 10.3. The van der Waals surface area contributed by atoms with Gasteiger partial charge in [-0.05, 0) is 32.4 Å². The lowest BCUT2D eigenvalue weighted by molar-refractivity contribution is 0.126. The van der Waals surface area contributed by atoms with Gasteiger partial charge in [-0.25, -0.2) is 0 Å². The van der Waals surface area contributed by atoms with Crippen molar-refractivity contribution in [1.29, 1.82) is 0 Å². The van der Waals surface area contributed by atoms with Gasteiger partial charge < -0.3 is 9.67 Å². The highest BCUT2D eigenvalue weighted by Crippen LogP contribution is 2.31. The Morgan fingerprint density at radius 3 is 3.06 bits per heavy atom. The van der Waals surface area contributed by atoms with Crippen molar-refractivity contribution < 1.29 is 5.11 Å². The van der Waals surface area contributed by atoms with Crippen LogP contribution in [0.4, 0.5) is 0 Å². The fourth-order valence-electron chi connectivity index (χ4n) is 3.07. The van der Waals surface area contributed by atoms with Gasteiger partial charge in [0.1, 0.15) is 5.82 Å². The SMILES string of the molecule is CCN1CCCC1c1nnc2n1CC(O)CC2. The second-order valence-electron chi connectivity index (χ2n) is 5.06. The molecule has 94 valence electrons. The smallest absolute Gasteiger partial charge is 0.150 e. The molecule has 17 heavy (non-hydrogen) atoms. The molecule has 0 amide bonds. The number of likely N-dealkylation sites (tertiary alicyclic amines) is 1. The summed E-state index contributed by atoms with van der Waals surface area (Å²) in [6.07, 6.45) is 3.85. The van der Waals surface area contributed by atoms with Crippen LogP contribution in [0.2, 0.25) is 0 Å². The van der Waals surface area contributed by atoms with Crippen LogP contribution in [0.25, 0.3) is 0 Å². The molecule has 1 aromatic rings. The van der Waals surface area contributed by atoms with Crippen molar-refractivity contribution in [2.45, 2.75) is 51.3 Å². The lowest BCUT2D eigenvalue weighted by Gasteiger charge is -2.25. The summed E-state index contributed by atoms with van der Waals surface area (Å²) in [7, 11) is 0. The normalized spacial score (nSPS) is 29.5. The largest absolute Gasteiger partial charge is 0.391 e. The third-order valence-electron chi connectivity index (χ3n) is 4.02. The van der Waals surface area contributed by atoms with Crippen LogP contribution < -0.4 is 0 Å². The van der Waals surface area contributed by atoms with E-state index < -0.39 is 0 Å². The van der Waals surface area contributed by atoms with Crippen LogP contribution in [-0.2, 0) is 13.0 Å². The Hall–Kier alpha value is -0.940. The van der Waals surface area contributed by atoms with E-state index in [2.05, 4.69) is 26.6 Å². The number of fused-ring (bicyclic) bond motifs is 1. The summed E-state index contributed by atoms with van der Waals surface area (Å²) in [6, 6.07) is 0.409. The zero-order chi connectivity index (χ0) is 11.8. The van der Waals surface area contributed by atoms with Crippen LogP contribution >= 0.6 is 0 Å². The van der Waals surface area contributed by atoms with Crippen molar-refractivity contribution in [3.8, 4) is 0 Å². The summed E-state index contributed by atoms with van der Waals surface area (Å²) < 4.78 is 2.15. The van der Waals surface area contributed by atoms with Gasteiger partial charge in [0.05, 0.1) is 18.7 Å². The Morgan fingerprint density at radius 2 is 2.24 bits per heavy atom. The Labute approximate surface area is 101 Å². The van der Waals surface area contributed by atoms with Crippen molar-refractivity contribution in [1.82, 2.24) is 19.7 Å². The van der Waals surface area contributed by atoms with E-state index in [-0.39, 0.29) is 6.10 Å². The molecular weight excluding hydrogens is 216 g/mol. The molecule has 5 nitrogen and oxygen atoms in total. The van der Waals surface area contributed by atoms with Gasteiger partial charge in [0, 0.05) is 6.42 Å². The first-order chi connectivity index (χ1) is 8.29. The number of aliphatic hydroxyl groups excluding tert-OH is 1. The minimum Gasteiger partial charge on any atom is -0.391 e. The first-order valence-electron chi connectivity index (χ1n) is 6.63. The van der Waals surface area contributed by atoms with E-state index >= 15 is 0 Å². The fraction of sp³-hybridized carbons (Fsp3) is 0.833. The van der Waals surface area contributed by atoms with E-state index in [0.717, 1.165) is 37.6 Å². The van der Waals surface area contributed by atoms with Gasteiger partial charge >= 0.3 is 0 Å². The van der Waals surface area contributed by atoms with Gasteiger partial charge in [-0.3, -0.25) is 4.90 Å². The summed E-state index contributed by atoms with van der Waals surface area (Å²) >= 11 is 0. The molecule has 5 heteroatoms. The molecule has 0 radical (unpaired) electrons. The number of aromatic nitrogens is 3. The van der Waals surface area contributed by atoms with Gasteiger partial charge in [0.15, 0.2) is 5.82 Å². The molecule has 2 atom stereocenters. The summed E-state index contributed by atoms with van der Waals surface area (Å²) in [5, 5.41) is 18.4. The van der Waals surface area contributed by atoms with Crippen LogP contribution in [0.5, 0.6) is 0 Å². The van der Waals surface area contributed by atoms with E-state index in [1.165, 1.54) is 12.8 Å². The molecule has 1 aromatic heterocycles. The summed E-state index contributed by atoms with van der Waals surface area (Å²) in [5.41, 5.74) is 0. The van der Waals surface area contributed by atoms with E-state index in [0.29, 0.717) is 12.6 Å². The van der Waals surface area contributed by atoms with E-state index in [9.17, 15) is 5.11 Å². The maximum atomic E-state index is 9.77. The van der Waals surface area contributed by atoms with E-state index in [1.54, 1.807) is 0 Å². The van der Waals surface area contributed by atoms with Gasteiger partial charge in [0.25, 0.3) is 0 Å². The van der Waals surface area contributed by atoms with Gasteiger partial charge in [-0.2, -0.15) is 0 Å². The van der Waals surface area contributed by atoms with Gasteiger partial charge in [0.2, 0.25) is 0 Å². The van der Waals surface area contributed by atoms with Crippen molar-refractivity contribution in [3.05, 3.63) is 11.6 Å². The van der Waals surface area contributed by atoms with Crippen molar-refractivity contribution in [3.63, 3.8) is 0 Å². The maximum Gasteiger partial charge on any atom is 0.150 e. The summed E-state index contributed by atoms with van der Waals surface area (Å²) in [4.78, 5) is 2.46. The highest BCUT2D eigenvalue weighted by molar-refractivity contribution is 5.06. The molecule has 2 aliphatic heterocycles. The lowest BCUT2D eigenvalue weighted by atomic mass is 10.1. The van der Waals surface area contributed by atoms with Crippen molar-refractivity contribution in [2.75, 3.05) is 13.1 Å². The predicted molar refractivity (Wildman–Crippen MR) is 63.6 cm³/mol. The number of aryl methyl sites for hydroxylation is 1. The number of aliphatic hydroxyl groups is 1. The highest BCUT2D eigenvalue weighted by Gasteiger charge is 2.31. The first-order valence-corrected chi connectivity index (χ1v) is 6.63. The highest BCUT2D eigenvalue weighted by atomic mass is 16.3. The molecule has 2 unspecified atom stereocenters.